The third-order valence-electron chi connectivity index (χ3n) is 3.12. The molecule has 0 spiro atoms. The Kier molecular flexibility index (Phi) is 16.5. The van der Waals surface area contributed by atoms with Crippen LogP contribution in [0.5, 0.6) is 0 Å². The summed E-state index contributed by atoms with van der Waals surface area (Å²) >= 11 is 0. The number of carbonyl (C=O) groups is 4. The summed E-state index contributed by atoms with van der Waals surface area (Å²) in [5, 5.41) is 70.7. The summed E-state index contributed by atoms with van der Waals surface area (Å²) in [5.74, 6) is -6.02. The Morgan fingerprint density at radius 3 is 0.969 bits per heavy atom. The van der Waals surface area contributed by atoms with E-state index < -0.39 is 48.3 Å². The van der Waals surface area contributed by atoms with Crippen molar-refractivity contribution in [2.75, 3.05) is 55.4 Å². The number of carbonyl (C=O) groups excluding carboxylic acids is 2. The molecule has 14 nitrogen and oxygen atoms in total. The van der Waals surface area contributed by atoms with E-state index in [1.165, 1.54) is 0 Å². The minimum atomic E-state index is -2.44. The van der Waals surface area contributed by atoms with Gasteiger partial charge in [-0.05, 0) is 0 Å². The second-order valence-electron chi connectivity index (χ2n) is 8.98. The van der Waals surface area contributed by atoms with Crippen LogP contribution in [0.1, 0.15) is 12.8 Å². The first-order valence-electron chi connectivity index (χ1n) is 9.27. The lowest BCUT2D eigenvalue weighted by Gasteiger charge is -2.25. The van der Waals surface area contributed by atoms with Gasteiger partial charge in [0.05, 0.1) is 67.1 Å². The molecular formula is C18H36N2O12. The van der Waals surface area contributed by atoms with Crippen LogP contribution in [-0.2, 0) is 19.2 Å². The SMILES string of the molecule is C[N+](C)(C)C[C@@H](O)CC(=O)O.C[N+](C)(C)C[C@@H](O)CC(=O)O.O=C([O-])C(O)C(O)C(=O)[O-]. The Morgan fingerprint density at radius 1 is 0.625 bits per heavy atom. The Labute approximate surface area is 186 Å². The average Bonchev–Trinajstić information content (AvgIpc) is 2.48. The number of hydrogen-bond acceptors (Lipinski definition) is 10. The number of nitrogens with zero attached hydrogens (tertiary/aromatic N) is 2. The molecule has 4 atom stereocenters. The lowest BCUT2D eigenvalue weighted by Crippen LogP contribution is -2.51. The number of aliphatic carboxylic acids is 4. The van der Waals surface area contributed by atoms with Crippen molar-refractivity contribution in [3.63, 3.8) is 0 Å². The highest BCUT2D eigenvalue weighted by atomic mass is 16.4. The molecule has 0 radical (unpaired) electrons. The van der Waals surface area contributed by atoms with Gasteiger partial charge in [-0.2, -0.15) is 0 Å². The number of carboxylic acid groups (broad SMARTS) is 4. The molecule has 0 saturated carbocycles. The van der Waals surface area contributed by atoms with Gasteiger partial charge in [0.2, 0.25) is 0 Å². The van der Waals surface area contributed by atoms with Crippen LogP contribution in [0.4, 0.5) is 0 Å². The average molecular weight is 472 g/mol. The number of rotatable bonds is 11. The van der Waals surface area contributed by atoms with Gasteiger partial charge in [-0.3, -0.25) is 9.59 Å². The van der Waals surface area contributed by atoms with Crippen LogP contribution in [0, 0.1) is 0 Å². The summed E-state index contributed by atoms with van der Waals surface area (Å²) in [6.07, 6.45) is -6.71. The normalized spacial score (nSPS) is 14.9. The molecular weight excluding hydrogens is 436 g/mol. The van der Waals surface area contributed by atoms with Gasteiger partial charge in [0.15, 0.2) is 0 Å². The molecule has 0 aliphatic rings. The van der Waals surface area contributed by atoms with E-state index >= 15 is 0 Å². The van der Waals surface area contributed by atoms with Crippen molar-refractivity contribution in [1.82, 2.24) is 0 Å². The molecule has 6 N–H and O–H groups in total. The molecule has 0 rings (SSSR count). The van der Waals surface area contributed by atoms with Crippen LogP contribution in [0.2, 0.25) is 0 Å². The molecule has 0 aromatic heterocycles. The van der Waals surface area contributed by atoms with E-state index in [2.05, 4.69) is 0 Å². The molecule has 0 aromatic carbocycles. The topological polar surface area (TPSA) is 236 Å². The monoisotopic (exact) mass is 472 g/mol. The van der Waals surface area contributed by atoms with E-state index in [1.807, 2.05) is 42.3 Å². The van der Waals surface area contributed by atoms with Gasteiger partial charge in [0.1, 0.15) is 37.5 Å². The number of aliphatic hydroxyl groups is 4. The van der Waals surface area contributed by atoms with Crippen molar-refractivity contribution in [1.29, 1.82) is 0 Å². The zero-order valence-corrected chi connectivity index (χ0v) is 19.2. The van der Waals surface area contributed by atoms with Gasteiger partial charge in [-0.1, -0.05) is 0 Å². The van der Waals surface area contributed by atoms with Gasteiger partial charge >= 0.3 is 11.9 Å². The van der Waals surface area contributed by atoms with Crippen molar-refractivity contribution in [2.45, 2.75) is 37.3 Å². The second kappa shape index (κ2) is 15.4. The third kappa shape index (κ3) is 25.7. The summed E-state index contributed by atoms with van der Waals surface area (Å²) in [6.45, 7) is 0.929. The lowest BCUT2D eigenvalue weighted by molar-refractivity contribution is -0.873. The van der Waals surface area contributed by atoms with E-state index in [-0.39, 0.29) is 12.8 Å². The molecule has 0 fully saturated rings. The van der Waals surface area contributed by atoms with E-state index in [0.717, 1.165) is 0 Å². The lowest BCUT2D eigenvalue weighted by atomic mass is 10.2. The summed E-state index contributed by atoms with van der Waals surface area (Å²) < 4.78 is 1.16. The maximum absolute atomic E-state index is 10.1. The van der Waals surface area contributed by atoms with Crippen molar-refractivity contribution in [3.05, 3.63) is 0 Å². The molecule has 0 bridgehead atoms. The predicted molar refractivity (Wildman–Crippen MR) is 104 cm³/mol. The summed E-state index contributed by atoms with van der Waals surface area (Å²) in [4.78, 5) is 39.5. The van der Waals surface area contributed by atoms with Gasteiger partial charge < -0.3 is 59.4 Å². The molecule has 0 heterocycles. The van der Waals surface area contributed by atoms with Gasteiger partial charge in [-0.25, -0.2) is 0 Å². The smallest absolute Gasteiger partial charge is 0.306 e. The minimum Gasteiger partial charge on any atom is -0.547 e. The molecule has 2 unspecified atom stereocenters. The second-order valence-corrected chi connectivity index (χ2v) is 8.98. The molecule has 14 heteroatoms. The van der Waals surface area contributed by atoms with E-state index in [1.54, 1.807) is 0 Å². The number of likely N-dealkylation sites (N-methyl/N-ethyl adjacent to an activating group) is 2. The summed E-state index contributed by atoms with van der Waals surface area (Å²) in [7, 11) is 11.4. The van der Waals surface area contributed by atoms with Crippen LogP contribution in [-0.4, -0.2) is 143 Å². The Balaban J connectivity index is -0.000000395. The quantitative estimate of drug-likeness (QED) is 0.154. The minimum absolute atomic E-state index is 0.171. The van der Waals surface area contributed by atoms with Crippen molar-refractivity contribution < 1.29 is 69.0 Å². The fourth-order valence-electron chi connectivity index (χ4n) is 2.05. The van der Waals surface area contributed by atoms with E-state index in [4.69, 9.17) is 30.6 Å². The molecule has 190 valence electrons. The fourth-order valence-corrected chi connectivity index (χ4v) is 2.05. The van der Waals surface area contributed by atoms with Crippen LogP contribution >= 0.6 is 0 Å². The van der Waals surface area contributed by atoms with Crippen molar-refractivity contribution in [3.8, 4) is 0 Å². The van der Waals surface area contributed by atoms with E-state index in [0.29, 0.717) is 22.1 Å². The van der Waals surface area contributed by atoms with Gasteiger partial charge in [0.25, 0.3) is 0 Å². The Hall–Kier alpha value is -2.36. The van der Waals surface area contributed by atoms with Crippen LogP contribution < -0.4 is 10.2 Å². The third-order valence-corrected chi connectivity index (χ3v) is 3.12. The predicted octanol–water partition coefficient (Wildman–Crippen LogP) is -5.74. The van der Waals surface area contributed by atoms with Gasteiger partial charge in [-0.15, -0.1) is 0 Å². The zero-order chi connectivity index (χ0) is 26.4. The molecule has 0 aromatic rings. The molecule has 32 heavy (non-hydrogen) atoms. The van der Waals surface area contributed by atoms with Crippen LogP contribution in [0.25, 0.3) is 0 Å². The van der Waals surface area contributed by atoms with Gasteiger partial charge in [0, 0.05) is 0 Å². The Morgan fingerprint density at radius 2 is 0.844 bits per heavy atom. The first kappa shape index (κ1) is 34.3. The number of quaternary nitrogens is 2. The number of aliphatic hydroxyl groups excluding tert-OH is 4. The molecule has 0 saturated heterocycles. The van der Waals surface area contributed by atoms with Crippen molar-refractivity contribution in [2.24, 2.45) is 0 Å². The molecule has 0 aliphatic heterocycles. The van der Waals surface area contributed by atoms with Crippen molar-refractivity contribution >= 4 is 23.9 Å². The first-order chi connectivity index (χ1) is 14.1. The highest BCUT2D eigenvalue weighted by Gasteiger charge is 2.19. The highest BCUT2D eigenvalue weighted by Crippen LogP contribution is 1.99. The number of hydrogen-bond donors (Lipinski definition) is 6. The molecule has 0 aliphatic carbocycles. The van der Waals surface area contributed by atoms with Crippen LogP contribution in [0.3, 0.4) is 0 Å². The number of carboxylic acids is 4. The largest absolute Gasteiger partial charge is 0.547 e. The first-order valence-corrected chi connectivity index (χ1v) is 9.27. The van der Waals surface area contributed by atoms with Crippen LogP contribution in [0.15, 0.2) is 0 Å². The zero-order valence-electron chi connectivity index (χ0n) is 19.2. The standard InChI is InChI=1S/2C7H15NO3.C4H6O6/c2*1-8(2,3)5-6(9)4-7(10)11;5-1(3(7)8)2(6)4(9)10/h2*6,9H,4-5H2,1-3H3;1-2,5-6H,(H,7,8)(H,9,10)/t2*6-;/m00./s1. The summed E-state index contributed by atoms with van der Waals surface area (Å²) in [6, 6.07) is 0. The Bertz CT molecular complexity index is 546. The van der Waals surface area contributed by atoms with E-state index in [9.17, 15) is 29.4 Å². The molecule has 0 amide bonds. The maximum Gasteiger partial charge on any atom is 0.306 e. The maximum atomic E-state index is 10.1. The highest BCUT2D eigenvalue weighted by molar-refractivity contribution is 5.80. The fraction of sp³-hybridized carbons (Fsp3) is 0.778. The summed E-state index contributed by atoms with van der Waals surface area (Å²) in [5.41, 5.74) is 0.